The third-order valence-electron chi connectivity index (χ3n) is 5.97. The van der Waals surface area contributed by atoms with Crippen molar-refractivity contribution in [1.82, 2.24) is 10.6 Å². The third-order valence-corrected chi connectivity index (χ3v) is 6.51. The largest absolute Gasteiger partial charge is 0.383 e. The highest BCUT2D eigenvalue weighted by atomic mass is 35.5. The van der Waals surface area contributed by atoms with Gasteiger partial charge in [-0.25, -0.2) is 4.99 Å². The summed E-state index contributed by atoms with van der Waals surface area (Å²) in [5, 5.41) is 12.3. The molecule has 2 aliphatic rings. The standard InChI is InChI=1S/C23H29Cl2N5O/c1-30(10-11-31-2)21-14-19-20(13-18(21)25)29-23(6-8-26-9-7-23)22(28-19)27-15-16-4-3-5-17(24)12-16/h3-5,12-14,26,29H,6-11,15H2,1-2H3,(H,27,28). The Bertz CT molecular complexity index is 959. The molecule has 0 bridgehead atoms. The van der Waals surface area contributed by atoms with E-state index in [-0.39, 0.29) is 5.54 Å². The van der Waals surface area contributed by atoms with Crippen LogP contribution in [0.15, 0.2) is 41.4 Å². The predicted octanol–water partition coefficient (Wildman–Crippen LogP) is 4.44. The number of methoxy groups -OCH3 is 1. The normalized spacial score (nSPS) is 17.0. The van der Waals surface area contributed by atoms with Gasteiger partial charge < -0.3 is 25.6 Å². The maximum Gasteiger partial charge on any atom is 0.128 e. The minimum absolute atomic E-state index is 0.233. The topological polar surface area (TPSA) is 60.9 Å². The van der Waals surface area contributed by atoms with E-state index in [0.29, 0.717) is 18.2 Å². The highest BCUT2D eigenvalue weighted by Gasteiger charge is 2.40. The summed E-state index contributed by atoms with van der Waals surface area (Å²) in [7, 11) is 3.71. The lowest BCUT2D eigenvalue weighted by Gasteiger charge is -2.43. The van der Waals surface area contributed by atoms with E-state index in [4.69, 9.17) is 32.9 Å². The van der Waals surface area contributed by atoms with Gasteiger partial charge >= 0.3 is 0 Å². The van der Waals surface area contributed by atoms with Crippen LogP contribution in [-0.4, -0.2) is 51.8 Å². The molecule has 8 heteroatoms. The molecule has 0 saturated carbocycles. The van der Waals surface area contributed by atoms with Gasteiger partial charge in [0.1, 0.15) is 5.84 Å². The Hall–Kier alpha value is -1.99. The van der Waals surface area contributed by atoms with Crippen molar-refractivity contribution >= 4 is 46.1 Å². The van der Waals surface area contributed by atoms with E-state index in [1.807, 2.05) is 31.3 Å². The number of nitrogens with one attached hydrogen (secondary N) is 3. The molecule has 4 rings (SSSR count). The van der Waals surface area contributed by atoms with Crippen LogP contribution in [0.25, 0.3) is 0 Å². The van der Waals surface area contributed by atoms with Crippen LogP contribution in [0.3, 0.4) is 0 Å². The summed E-state index contributed by atoms with van der Waals surface area (Å²) in [6.07, 6.45) is 1.89. The van der Waals surface area contributed by atoms with Crippen LogP contribution in [0, 0.1) is 0 Å². The quantitative estimate of drug-likeness (QED) is 0.593. The monoisotopic (exact) mass is 461 g/mol. The average Bonchev–Trinajstić information content (AvgIpc) is 2.76. The Kier molecular flexibility index (Phi) is 6.92. The van der Waals surface area contributed by atoms with Gasteiger partial charge in [-0.1, -0.05) is 35.3 Å². The fourth-order valence-electron chi connectivity index (χ4n) is 4.19. The van der Waals surface area contributed by atoms with Crippen molar-refractivity contribution in [2.45, 2.75) is 24.9 Å². The number of piperidine rings is 1. The SMILES string of the molecule is COCCN(C)c1cc2c(cc1Cl)NC1(CCNCC1)C(NCc1cccc(Cl)c1)=N2. The van der Waals surface area contributed by atoms with Crippen LogP contribution in [0.1, 0.15) is 18.4 Å². The molecule has 1 fully saturated rings. The number of halogens is 2. The summed E-state index contributed by atoms with van der Waals surface area (Å²) in [4.78, 5) is 7.18. The fourth-order valence-corrected chi connectivity index (χ4v) is 4.71. The average molecular weight is 462 g/mol. The Morgan fingerprint density at radius 2 is 2.00 bits per heavy atom. The number of amidine groups is 1. The maximum absolute atomic E-state index is 6.64. The fraction of sp³-hybridized carbons (Fsp3) is 0.435. The number of anilines is 2. The molecule has 3 N–H and O–H groups in total. The van der Waals surface area contributed by atoms with Crippen molar-refractivity contribution in [2.75, 3.05) is 50.6 Å². The lowest BCUT2D eigenvalue weighted by Crippen LogP contribution is -2.58. The molecular weight excluding hydrogens is 433 g/mol. The number of rotatable bonds is 6. The van der Waals surface area contributed by atoms with E-state index in [9.17, 15) is 0 Å². The van der Waals surface area contributed by atoms with Crippen LogP contribution >= 0.6 is 23.2 Å². The molecule has 0 unspecified atom stereocenters. The molecule has 2 aliphatic heterocycles. The predicted molar refractivity (Wildman–Crippen MR) is 130 cm³/mol. The van der Waals surface area contributed by atoms with Gasteiger partial charge in [0.25, 0.3) is 0 Å². The van der Waals surface area contributed by atoms with E-state index in [0.717, 1.165) is 66.0 Å². The number of ether oxygens (including phenoxy) is 1. The zero-order valence-corrected chi connectivity index (χ0v) is 19.5. The molecule has 2 aromatic rings. The Morgan fingerprint density at radius 1 is 1.19 bits per heavy atom. The van der Waals surface area contributed by atoms with Crippen LogP contribution in [-0.2, 0) is 11.3 Å². The molecule has 166 valence electrons. The van der Waals surface area contributed by atoms with Crippen LogP contribution in [0.5, 0.6) is 0 Å². The van der Waals surface area contributed by atoms with Crippen LogP contribution in [0.4, 0.5) is 17.1 Å². The highest BCUT2D eigenvalue weighted by molar-refractivity contribution is 6.34. The van der Waals surface area contributed by atoms with Crippen molar-refractivity contribution in [3.63, 3.8) is 0 Å². The highest BCUT2D eigenvalue weighted by Crippen LogP contribution is 2.42. The first kappa shape index (κ1) is 22.2. The van der Waals surface area contributed by atoms with E-state index < -0.39 is 0 Å². The molecule has 1 saturated heterocycles. The van der Waals surface area contributed by atoms with Gasteiger partial charge in [-0.15, -0.1) is 0 Å². The second-order valence-corrected chi connectivity index (χ2v) is 8.98. The van der Waals surface area contributed by atoms with Gasteiger partial charge in [0, 0.05) is 32.3 Å². The Balaban J connectivity index is 1.65. The number of hydrogen-bond acceptors (Lipinski definition) is 6. The number of hydrogen-bond donors (Lipinski definition) is 3. The van der Waals surface area contributed by atoms with Crippen molar-refractivity contribution < 1.29 is 4.74 Å². The van der Waals surface area contributed by atoms with Crippen LogP contribution in [0.2, 0.25) is 10.0 Å². The number of likely N-dealkylation sites (N-methyl/N-ethyl adjacent to an activating group) is 1. The molecule has 2 heterocycles. The number of nitrogens with zero attached hydrogens (tertiary/aromatic N) is 2. The van der Waals surface area contributed by atoms with E-state index in [1.165, 1.54) is 0 Å². The molecule has 0 radical (unpaired) electrons. The van der Waals surface area contributed by atoms with Crippen molar-refractivity contribution in [2.24, 2.45) is 4.99 Å². The Labute approximate surface area is 194 Å². The van der Waals surface area contributed by atoms with Gasteiger partial charge in [-0.2, -0.15) is 0 Å². The lowest BCUT2D eigenvalue weighted by molar-refractivity contribution is 0.206. The minimum atomic E-state index is -0.233. The zero-order chi connectivity index (χ0) is 21.8. The van der Waals surface area contributed by atoms with Gasteiger partial charge in [0.2, 0.25) is 0 Å². The summed E-state index contributed by atoms with van der Waals surface area (Å²) in [5.41, 5.74) is 3.70. The molecule has 2 aromatic carbocycles. The Morgan fingerprint density at radius 3 is 2.74 bits per heavy atom. The zero-order valence-electron chi connectivity index (χ0n) is 18.0. The second-order valence-electron chi connectivity index (χ2n) is 8.14. The van der Waals surface area contributed by atoms with Gasteiger partial charge in [0.15, 0.2) is 0 Å². The molecule has 0 amide bonds. The van der Waals surface area contributed by atoms with E-state index >= 15 is 0 Å². The number of benzene rings is 2. The second kappa shape index (κ2) is 9.65. The molecule has 31 heavy (non-hydrogen) atoms. The van der Waals surface area contributed by atoms with E-state index in [1.54, 1.807) is 7.11 Å². The summed E-state index contributed by atoms with van der Waals surface area (Å²) in [6, 6.07) is 12.0. The van der Waals surface area contributed by atoms with Crippen LogP contribution < -0.4 is 20.9 Å². The summed E-state index contributed by atoms with van der Waals surface area (Å²) < 4.78 is 5.21. The first-order valence-electron chi connectivity index (χ1n) is 10.6. The summed E-state index contributed by atoms with van der Waals surface area (Å²) in [5.74, 6) is 0.967. The van der Waals surface area contributed by atoms with Gasteiger partial charge in [-0.3, -0.25) is 0 Å². The molecule has 0 aliphatic carbocycles. The third kappa shape index (κ3) is 4.93. The molecule has 1 spiro atoms. The first-order valence-corrected chi connectivity index (χ1v) is 11.4. The van der Waals surface area contributed by atoms with E-state index in [2.05, 4.69) is 33.0 Å². The molecule has 6 nitrogen and oxygen atoms in total. The summed E-state index contributed by atoms with van der Waals surface area (Å²) in [6.45, 7) is 3.92. The molecule has 0 aromatic heterocycles. The number of aliphatic imine (C=N–C) groups is 1. The van der Waals surface area contributed by atoms with Gasteiger partial charge in [0.05, 0.1) is 34.2 Å². The van der Waals surface area contributed by atoms with Gasteiger partial charge in [-0.05, 0) is 55.8 Å². The molecule has 0 atom stereocenters. The van der Waals surface area contributed by atoms with Crippen molar-refractivity contribution in [3.8, 4) is 0 Å². The van der Waals surface area contributed by atoms with Crippen molar-refractivity contribution in [1.29, 1.82) is 0 Å². The lowest BCUT2D eigenvalue weighted by atomic mass is 9.85. The smallest absolute Gasteiger partial charge is 0.128 e. The maximum atomic E-state index is 6.64. The van der Waals surface area contributed by atoms with Crippen molar-refractivity contribution in [3.05, 3.63) is 52.0 Å². The minimum Gasteiger partial charge on any atom is -0.383 e. The first-order chi connectivity index (χ1) is 15.0. The number of fused-ring (bicyclic) bond motifs is 1. The molecular formula is C23H29Cl2N5O. The summed E-state index contributed by atoms with van der Waals surface area (Å²) >= 11 is 12.8.